The van der Waals surface area contributed by atoms with Crippen LogP contribution >= 0.6 is 0 Å². The predicted octanol–water partition coefficient (Wildman–Crippen LogP) is 2.71. The fourth-order valence-electron chi connectivity index (χ4n) is 2.46. The van der Waals surface area contributed by atoms with E-state index in [4.69, 9.17) is 0 Å². The van der Waals surface area contributed by atoms with Gasteiger partial charge >= 0.3 is 0 Å². The third-order valence-corrected chi connectivity index (χ3v) is 3.41. The molecule has 0 radical (unpaired) electrons. The Morgan fingerprint density at radius 3 is 2.25 bits per heavy atom. The average molecular weight is 294 g/mol. The van der Waals surface area contributed by atoms with Crippen LogP contribution in [0, 0.1) is 17.5 Å². The van der Waals surface area contributed by atoms with E-state index in [0.29, 0.717) is 32.2 Å². The molecule has 0 aromatic heterocycles. The lowest BCUT2D eigenvalue weighted by atomic mass is 9.99. The third-order valence-electron chi connectivity index (χ3n) is 3.41. The Balaban J connectivity index is 2.37. The number of hydrogen-bond donors (Lipinski definition) is 1. The minimum Gasteiger partial charge on any atom is -0.314 e. The van der Waals surface area contributed by atoms with Crippen molar-refractivity contribution in [2.75, 3.05) is 26.2 Å². The Bertz CT molecular complexity index is 460. The Hall–Kier alpha value is -1.21. The van der Waals surface area contributed by atoms with E-state index in [1.54, 1.807) is 4.90 Å². The fourth-order valence-corrected chi connectivity index (χ4v) is 2.46. The monoisotopic (exact) mass is 294 g/mol. The molecule has 1 fully saturated rings. The summed E-state index contributed by atoms with van der Waals surface area (Å²) in [5, 5.41) is 3.02. The van der Waals surface area contributed by atoms with Gasteiger partial charge in [-0.25, -0.2) is 22.0 Å². The molecule has 0 aliphatic carbocycles. The Morgan fingerprint density at radius 1 is 1.05 bits per heavy atom. The smallest absolute Gasteiger partial charge is 0.240 e. The first-order valence-electron chi connectivity index (χ1n) is 6.37. The number of benzene rings is 1. The normalized spacial score (nSPS) is 18.5. The van der Waals surface area contributed by atoms with Crippen LogP contribution in [0.25, 0.3) is 0 Å². The van der Waals surface area contributed by atoms with Crippen LogP contribution in [0.5, 0.6) is 0 Å². The van der Waals surface area contributed by atoms with Crippen LogP contribution in [0.4, 0.5) is 22.0 Å². The molecular weight excluding hydrogens is 279 g/mol. The molecule has 1 heterocycles. The summed E-state index contributed by atoms with van der Waals surface area (Å²) in [4.78, 5) is 1.56. The van der Waals surface area contributed by atoms with Gasteiger partial charge in [0.1, 0.15) is 5.82 Å². The van der Waals surface area contributed by atoms with Crippen molar-refractivity contribution in [2.24, 2.45) is 0 Å². The summed E-state index contributed by atoms with van der Waals surface area (Å²) >= 11 is 0. The number of halogens is 5. The molecule has 1 aliphatic rings. The van der Waals surface area contributed by atoms with Crippen molar-refractivity contribution in [3.63, 3.8) is 0 Å². The van der Waals surface area contributed by atoms with Gasteiger partial charge in [-0.1, -0.05) is 0 Å². The van der Waals surface area contributed by atoms with Gasteiger partial charge in [-0.2, -0.15) is 0 Å². The molecule has 1 aromatic rings. The van der Waals surface area contributed by atoms with Crippen molar-refractivity contribution in [1.82, 2.24) is 10.2 Å². The standard InChI is InChI=1S/C13H15F5N2/c14-8-1-2-9(15)13(18)12(8)10(7-11(16)17)20-5-3-19-4-6-20/h1-2,10-11,19H,3-7H2/t10-/m1/s1. The zero-order chi connectivity index (χ0) is 14.7. The Morgan fingerprint density at radius 2 is 1.65 bits per heavy atom. The van der Waals surface area contributed by atoms with Crippen molar-refractivity contribution in [3.05, 3.63) is 35.1 Å². The van der Waals surface area contributed by atoms with Crippen molar-refractivity contribution >= 4 is 0 Å². The number of rotatable bonds is 4. The third kappa shape index (κ3) is 3.27. The number of nitrogens with zero attached hydrogens (tertiary/aromatic N) is 1. The van der Waals surface area contributed by atoms with Gasteiger partial charge in [0.05, 0.1) is 0 Å². The van der Waals surface area contributed by atoms with Crippen LogP contribution in [0.1, 0.15) is 18.0 Å². The van der Waals surface area contributed by atoms with Gasteiger partial charge in [0, 0.05) is 44.2 Å². The Kier molecular flexibility index (Phi) is 4.93. The first kappa shape index (κ1) is 15.2. The average Bonchev–Trinajstić information content (AvgIpc) is 2.43. The molecule has 0 spiro atoms. The van der Waals surface area contributed by atoms with Gasteiger partial charge in [-0.3, -0.25) is 4.90 Å². The van der Waals surface area contributed by atoms with Crippen LogP contribution in [0.2, 0.25) is 0 Å². The molecule has 112 valence electrons. The molecule has 1 N–H and O–H groups in total. The lowest BCUT2D eigenvalue weighted by Gasteiger charge is -2.35. The zero-order valence-corrected chi connectivity index (χ0v) is 10.7. The van der Waals surface area contributed by atoms with Crippen molar-refractivity contribution < 1.29 is 22.0 Å². The molecule has 2 rings (SSSR count). The van der Waals surface area contributed by atoms with Gasteiger partial charge in [-0.15, -0.1) is 0 Å². The highest BCUT2D eigenvalue weighted by molar-refractivity contribution is 5.25. The molecule has 7 heteroatoms. The summed E-state index contributed by atoms with van der Waals surface area (Å²) in [5.74, 6) is -3.60. The number of hydrogen-bond acceptors (Lipinski definition) is 2. The van der Waals surface area contributed by atoms with E-state index in [9.17, 15) is 22.0 Å². The fraction of sp³-hybridized carbons (Fsp3) is 0.538. The van der Waals surface area contributed by atoms with E-state index >= 15 is 0 Å². The van der Waals surface area contributed by atoms with Crippen LogP contribution in [0.15, 0.2) is 12.1 Å². The largest absolute Gasteiger partial charge is 0.314 e. The molecule has 20 heavy (non-hydrogen) atoms. The number of nitrogens with one attached hydrogen (secondary N) is 1. The first-order chi connectivity index (χ1) is 9.50. The number of alkyl halides is 2. The molecule has 0 saturated carbocycles. The molecule has 0 bridgehead atoms. The zero-order valence-electron chi connectivity index (χ0n) is 10.7. The predicted molar refractivity (Wildman–Crippen MR) is 64.1 cm³/mol. The van der Waals surface area contributed by atoms with Crippen LogP contribution in [-0.2, 0) is 0 Å². The highest BCUT2D eigenvalue weighted by Crippen LogP contribution is 2.32. The topological polar surface area (TPSA) is 15.3 Å². The van der Waals surface area contributed by atoms with E-state index in [2.05, 4.69) is 5.32 Å². The summed E-state index contributed by atoms with van der Waals surface area (Å²) in [6.07, 6.45) is -3.45. The first-order valence-corrected chi connectivity index (χ1v) is 6.37. The van der Waals surface area contributed by atoms with Gasteiger partial charge in [0.15, 0.2) is 11.6 Å². The van der Waals surface area contributed by atoms with E-state index in [-0.39, 0.29) is 0 Å². The second-order valence-corrected chi connectivity index (χ2v) is 4.69. The molecule has 0 unspecified atom stereocenters. The summed E-state index contributed by atoms with van der Waals surface area (Å²) in [5.41, 5.74) is -0.604. The molecule has 1 aliphatic heterocycles. The minimum atomic E-state index is -2.73. The van der Waals surface area contributed by atoms with Crippen molar-refractivity contribution in [2.45, 2.75) is 18.9 Å². The highest BCUT2D eigenvalue weighted by atomic mass is 19.3. The molecule has 0 amide bonds. The van der Waals surface area contributed by atoms with Crippen LogP contribution in [0.3, 0.4) is 0 Å². The molecule has 1 atom stereocenters. The van der Waals surface area contributed by atoms with E-state index in [0.717, 1.165) is 6.07 Å². The van der Waals surface area contributed by atoms with Gasteiger partial charge in [0.25, 0.3) is 0 Å². The lowest BCUT2D eigenvalue weighted by Crippen LogP contribution is -2.46. The van der Waals surface area contributed by atoms with Gasteiger partial charge in [0.2, 0.25) is 6.43 Å². The summed E-state index contributed by atoms with van der Waals surface area (Å²) in [6.45, 7) is 1.84. The van der Waals surface area contributed by atoms with Crippen LogP contribution < -0.4 is 5.32 Å². The van der Waals surface area contributed by atoms with Gasteiger partial charge in [-0.05, 0) is 12.1 Å². The second kappa shape index (κ2) is 6.49. The molecule has 1 aromatic carbocycles. The summed E-state index contributed by atoms with van der Waals surface area (Å²) in [6, 6.07) is 0.271. The second-order valence-electron chi connectivity index (χ2n) is 4.69. The summed E-state index contributed by atoms with van der Waals surface area (Å²) < 4.78 is 66.3. The minimum absolute atomic E-state index is 0.382. The quantitative estimate of drug-likeness (QED) is 0.678. The summed E-state index contributed by atoms with van der Waals surface area (Å²) in [7, 11) is 0. The number of piperazine rings is 1. The van der Waals surface area contributed by atoms with Crippen molar-refractivity contribution in [1.29, 1.82) is 0 Å². The lowest BCUT2D eigenvalue weighted by molar-refractivity contribution is 0.0706. The van der Waals surface area contributed by atoms with Crippen LogP contribution in [-0.4, -0.2) is 37.5 Å². The molecule has 2 nitrogen and oxygen atoms in total. The van der Waals surface area contributed by atoms with Gasteiger partial charge < -0.3 is 5.32 Å². The maximum absolute atomic E-state index is 13.8. The Labute approximate surface area is 113 Å². The maximum atomic E-state index is 13.8. The highest BCUT2D eigenvalue weighted by Gasteiger charge is 2.31. The van der Waals surface area contributed by atoms with E-state index < -0.39 is 41.9 Å². The molecule has 1 saturated heterocycles. The molecular formula is C13H15F5N2. The SMILES string of the molecule is Fc1ccc(F)c([C@@H](CC(F)F)N2CCNCC2)c1F. The van der Waals surface area contributed by atoms with Crippen molar-refractivity contribution in [3.8, 4) is 0 Å². The maximum Gasteiger partial charge on any atom is 0.240 e. The van der Waals surface area contributed by atoms with E-state index in [1.807, 2.05) is 0 Å². The van der Waals surface area contributed by atoms with E-state index in [1.165, 1.54) is 0 Å².